The minimum Gasteiger partial charge on any atom is -0.345 e. The molecule has 2 nitrogen and oxygen atoms in total. The Kier molecular flexibility index (Phi) is 3.54. The van der Waals surface area contributed by atoms with Crippen molar-refractivity contribution in [1.82, 2.24) is 5.32 Å². The lowest BCUT2D eigenvalue weighted by atomic mass is 10.2. The number of rotatable bonds is 2. The molecule has 1 amide bonds. The van der Waals surface area contributed by atoms with Crippen molar-refractivity contribution in [3.8, 4) is 12.3 Å². The molecule has 0 fully saturated rings. The van der Waals surface area contributed by atoms with E-state index < -0.39 is 0 Å². The van der Waals surface area contributed by atoms with Gasteiger partial charge in [-0.15, -0.1) is 6.42 Å². The Bertz CT molecular complexity index is 132. The van der Waals surface area contributed by atoms with Gasteiger partial charge in [-0.2, -0.15) is 0 Å². The van der Waals surface area contributed by atoms with Crippen LogP contribution in [0.4, 0.5) is 0 Å². The monoisotopic (exact) mass is 125 g/mol. The Morgan fingerprint density at radius 3 is 2.67 bits per heavy atom. The van der Waals surface area contributed by atoms with Crippen molar-refractivity contribution in [3.05, 3.63) is 0 Å². The zero-order valence-electron chi connectivity index (χ0n) is 5.77. The topological polar surface area (TPSA) is 29.1 Å². The second kappa shape index (κ2) is 3.96. The van der Waals surface area contributed by atoms with Gasteiger partial charge in [-0.25, -0.2) is 0 Å². The van der Waals surface area contributed by atoms with Gasteiger partial charge in [0.25, 0.3) is 5.91 Å². The molecule has 0 aliphatic rings. The van der Waals surface area contributed by atoms with Crippen LogP contribution in [-0.4, -0.2) is 12.5 Å². The highest BCUT2D eigenvalue weighted by molar-refractivity contribution is 5.92. The standard InChI is InChI=1S/C7H11NO/c1-4-7(9)8-5-6(2)3/h1,6H,5H2,2-3H3,(H,8,9). The summed E-state index contributed by atoms with van der Waals surface area (Å²) in [6.07, 6.45) is 4.80. The van der Waals surface area contributed by atoms with Gasteiger partial charge in [0, 0.05) is 6.54 Å². The molecule has 2 heteroatoms. The van der Waals surface area contributed by atoms with E-state index in [9.17, 15) is 4.79 Å². The second-order valence-electron chi connectivity index (χ2n) is 2.25. The minimum atomic E-state index is -0.330. The number of hydrogen-bond acceptors (Lipinski definition) is 1. The summed E-state index contributed by atoms with van der Waals surface area (Å²) >= 11 is 0. The SMILES string of the molecule is C#CC(=O)NCC(C)C. The fraction of sp³-hybridized carbons (Fsp3) is 0.571. The van der Waals surface area contributed by atoms with E-state index in [1.807, 2.05) is 19.8 Å². The smallest absolute Gasteiger partial charge is 0.295 e. The van der Waals surface area contributed by atoms with Crippen molar-refractivity contribution in [1.29, 1.82) is 0 Å². The first-order valence-corrected chi connectivity index (χ1v) is 2.91. The predicted molar refractivity (Wildman–Crippen MR) is 36.7 cm³/mol. The van der Waals surface area contributed by atoms with E-state index >= 15 is 0 Å². The Hall–Kier alpha value is -0.970. The van der Waals surface area contributed by atoms with Gasteiger partial charge in [0.15, 0.2) is 0 Å². The third kappa shape index (κ3) is 4.89. The molecule has 0 spiro atoms. The highest BCUT2D eigenvalue weighted by Crippen LogP contribution is 1.85. The third-order valence-electron chi connectivity index (χ3n) is 0.802. The van der Waals surface area contributed by atoms with Crippen LogP contribution in [0.5, 0.6) is 0 Å². The van der Waals surface area contributed by atoms with Crippen LogP contribution in [0.2, 0.25) is 0 Å². The van der Waals surface area contributed by atoms with Gasteiger partial charge in [-0.3, -0.25) is 4.79 Å². The molecular formula is C7H11NO. The average molecular weight is 125 g/mol. The average Bonchev–Trinajstić information content (AvgIpc) is 1.83. The van der Waals surface area contributed by atoms with Crippen molar-refractivity contribution >= 4 is 5.91 Å². The zero-order valence-corrected chi connectivity index (χ0v) is 5.77. The molecule has 0 unspecified atom stereocenters. The first-order valence-electron chi connectivity index (χ1n) is 2.91. The van der Waals surface area contributed by atoms with Gasteiger partial charge < -0.3 is 5.32 Å². The summed E-state index contributed by atoms with van der Waals surface area (Å²) in [5, 5.41) is 2.56. The zero-order chi connectivity index (χ0) is 7.28. The van der Waals surface area contributed by atoms with E-state index in [0.29, 0.717) is 12.5 Å². The number of nitrogens with one attached hydrogen (secondary N) is 1. The van der Waals surface area contributed by atoms with Crippen molar-refractivity contribution in [3.63, 3.8) is 0 Å². The van der Waals surface area contributed by atoms with E-state index in [1.165, 1.54) is 0 Å². The number of terminal acetylenes is 1. The molecule has 0 atom stereocenters. The van der Waals surface area contributed by atoms with E-state index in [1.54, 1.807) is 0 Å². The summed E-state index contributed by atoms with van der Waals surface area (Å²) in [5.41, 5.74) is 0. The normalized spacial score (nSPS) is 8.67. The highest BCUT2D eigenvalue weighted by Gasteiger charge is 1.95. The van der Waals surface area contributed by atoms with E-state index in [2.05, 4.69) is 5.32 Å². The van der Waals surface area contributed by atoms with E-state index in [4.69, 9.17) is 6.42 Å². The third-order valence-corrected chi connectivity index (χ3v) is 0.802. The Balaban J connectivity index is 3.31. The predicted octanol–water partition coefficient (Wildman–Crippen LogP) is 0.392. The Morgan fingerprint density at radius 1 is 1.78 bits per heavy atom. The molecule has 0 aliphatic carbocycles. The van der Waals surface area contributed by atoms with Gasteiger partial charge in [0.1, 0.15) is 0 Å². The molecule has 0 radical (unpaired) electrons. The lowest BCUT2D eigenvalue weighted by molar-refractivity contribution is -0.115. The summed E-state index contributed by atoms with van der Waals surface area (Å²) in [4.78, 5) is 10.4. The molecule has 1 N–H and O–H groups in total. The Labute approximate surface area is 55.6 Å². The van der Waals surface area contributed by atoms with Crippen LogP contribution in [-0.2, 0) is 4.79 Å². The van der Waals surface area contributed by atoms with Crippen LogP contribution in [0.25, 0.3) is 0 Å². The van der Waals surface area contributed by atoms with E-state index in [0.717, 1.165) is 0 Å². The second-order valence-corrected chi connectivity index (χ2v) is 2.25. The molecule has 9 heavy (non-hydrogen) atoms. The molecule has 0 aromatic rings. The summed E-state index contributed by atoms with van der Waals surface area (Å²) in [6.45, 7) is 4.68. The molecule has 0 aromatic carbocycles. The maximum Gasteiger partial charge on any atom is 0.295 e. The number of amides is 1. The van der Waals surface area contributed by atoms with Crippen LogP contribution >= 0.6 is 0 Å². The van der Waals surface area contributed by atoms with Gasteiger partial charge in [0.05, 0.1) is 0 Å². The van der Waals surface area contributed by atoms with Crippen LogP contribution in [0.15, 0.2) is 0 Å². The fourth-order valence-electron chi connectivity index (χ4n) is 0.348. The highest BCUT2D eigenvalue weighted by atomic mass is 16.1. The maximum absolute atomic E-state index is 10.4. The number of carbonyl (C=O) groups is 1. The van der Waals surface area contributed by atoms with Crippen LogP contribution in [0.3, 0.4) is 0 Å². The van der Waals surface area contributed by atoms with Gasteiger partial charge in [-0.05, 0) is 11.8 Å². The molecule has 0 heterocycles. The summed E-state index contributed by atoms with van der Waals surface area (Å²) in [7, 11) is 0. The van der Waals surface area contributed by atoms with E-state index in [-0.39, 0.29) is 5.91 Å². The minimum absolute atomic E-state index is 0.330. The van der Waals surface area contributed by atoms with Crippen LogP contribution in [0, 0.1) is 18.3 Å². The molecule has 50 valence electrons. The number of carbonyl (C=O) groups excluding carboxylic acids is 1. The van der Waals surface area contributed by atoms with Gasteiger partial charge in [0.2, 0.25) is 0 Å². The van der Waals surface area contributed by atoms with Gasteiger partial charge in [-0.1, -0.05) is 13.8 Å². The summed E-state index contributed by atoms with van der Waals surface area (Å²) in [6, 6.07) is 0. The van der Waals surface area contributed by atoms with Crippen molar-refractivity contribution in [2.45, 2.75) is 13.8 Å². The lowest BCUT2D eigenvalue weighted by Gasteiger charge is -2.02. The van der Waals surface area contributed by atoms with Crippen molar-refractivity contribution in [2.75, 3.05) is 6.54 Å². The van der Waals surface area contributed by atoms with Crippen molar-refractivity contribution < 1.29 is 4.79 Å². The fourth-order valence-corrected chi connectivity index (χ4v) is 0.348. The molecule has 0 bridgehead atoms. The molecule has 0 aliphatic heterocycles. The molecular weight excluding hydrogens is 114 g/mol. The summed E-state index contributed by atoms with van der Waals surface area (Å²) < 4.78 is 0. The molecule has 0 saturated carbocycles. The summed E-state index contributed by atoms with van der Waals surface area (Å²) in [5.74, 6) is 2.10. The first-order chi connectivity index (χ1) is 4.16. The first kappa shape index (κ1) is 8.03. The molecule has 0 saturated heterocycles. The van der Waals surface area contributed by atoms with Crippen molar-refractivity contribution in [2.24, 2.45) is 5.92 Å². The Morgan fingerprint density at radius 2 is 2.33 bits per heavy atom. The van der Waals surface area contributed by atoms with Gasteiger partial charge >= 0.3 is 0 Å². The quantitative estimate of drug-likeness (QED) is 0.531. The molecule has 0 aromatic heterocycles. The van der Waals surface area contributed by atoms with Crippen LogP contribution in [0.1, 0.15) is 13.8 Å². The number of hydrogen-bond donors (Lipinski definition) is 1. The largest absolute Gasteiger partial charge is 0.345 e. The maximum atomic E-state index is 10.4. The molecule has 0 rings (SSSR count). The lowest BCUT2D eigenvalue weighted by Crippen LogP contribution is -2.25. The van der Waals surface area contributed by atoms with Crippen LogP contribution < -0.4 is 5.32 Å².